The first-order chi connectivity index (χ1) is 12.0. The minimum absolute atomic E-state index is 0.227. The van der Waals surface area contributed by atoms with Gasteiger partial charge in [0.15, 0.2) is 0 Å². The molecule has 25 heavy (non-hydrogen) atoms. The molecule has 0 saturated carbocycles. The van der Waals surface area contributed by atoms with Crippen LogP contribution in [0.5, 0.6) is 0 Å². The van der Waals surface area contributed by atoms with Crippen LogP contribution in [-0.4, -0.2) is 21.4 Å². The number of hydrogen-bond acceptors (Lipinski definition) is 3. The van der Waals surface area contributed by atoms with E-state index >= 15 is 0 Å². The number of hydrogen-bond donors (Lipinski definition) is 2. The van der Waals surface area contributed by atoms with E-state index in [1.54, 1.807) is 72.7 Å². The summed E-state index contributed by atoms with van der Waals surface area (Å²) < 4.78 is 1.74. The third kappa shape index (κ3) is 3.74. The van der Waals surface area contributed by atoms with Crippen LogP contribution in [0.15, 0.2) is 61.1 Å². The molecule has 6 heteroatoms. The molecule has 0 saturated heterocycles. The lowest BCUT2D eigenvalue weighted by molar-refractivity contribution is 0.101. The molecule has 0 spiro atoms. The van der Waals surface area contributed by atoms with E-state index in [1.165, 1.54) is 0 Å². The van der Waals surface area contributed by atoms with E-state index in [-0.39, 0.29) is 11.8 Å². The van der Waals surface area contributed by atoms with Gasteiger partial charge in [0.05, 0.1) is 11.9 Å². The van der Waals surface area contributed by atoms with Crippen LogP contribution < -0.4 is 10.6 Å². The number of rotatable bonds is 4. The topological polar surface area (TPSA) is 76.0 Å². The first kappa shape index (κ1) is 16.4. The van der Waals surface area contributed by atoms with Crippen molar-refractivity contribution in [3.05, 3.63) is 77.9 Å². The summed E-state index contributed by atoms with van der Waals surface area (Å²) >= 11 is 0. The molecule has 2 aromatic heterocycles. The molecule has 0 unspecified atom stereocenters. The second-order valence-electron chi connectivity index (χ2n) is 5.68. The Morgan fingerprint density at radius 1 is 1.00 bits per heavy atom. The van der Waals surface area contributed by atoms with E-state index < -0.39 is 0 Å². The van der Waals surface area contributed by atoms with E-state index in [1.807, 2.05) is 6.92 Å². The number of nitrogens with one attached hydrogen (secondary N) is 2. The van der Waals surface area contributed by atoms with E-state index in [0.717, 1.165) is 5.56 Å². The van der Waals surface area contributed by atoms with Crippen LogP contribution in [0.25, 0.3) is 0 Å². The van der Waals surface area contributed by atoms with Gasteiger partial charge in [-0.15, -0.1) is 0 Å². The van der Waals surface area contributed by atoms with E-state index in [0.29, 0.717) is 22.6 Å². The number of carbonyl (C=O) groups excluding carboxylic acids is 2. The molecule has 6 nitrogen and oxygen atoms in total. The summed E-state index contributed by atoms with van der Waals surface area (Å²) in [5.74, 6) is -0.476. The summed E-state index contributed by atoms with van der Waals surface area (Å²) in [5, 5.41) is 5.62. The van der Waals surface area contributed by atoms with Crippen molar-refractivity contribution in [3.63, 3.8) is 0 Å². The fraction of sp³-hybridized carbons (Fsp3) is 0.105. The van der Waals surface area contributed by atoms with Crippen LogP contribution in [-0.2, 0) is 7.05 Å². The largest absolute Gasteiger partial charge is 0.347 e. The Balaban J connectivity index is 1.79. The zero-order valence-electron chi connectivity index (χ0n) is 14.0. The van der Waals surface area contributed by atoms with Crippen LogP contribution in [0.3, 0.4) is 0 Å². The summed E-state index contributed by atoms with van der Waals surface area (Å²) in [6.07, 6.45) is 5.02. The van der Waals surface area contributed by atoms with Crippen molar-refractivity contribution in [1.82, 2.24) is 9.55 Å². The van der Waals surface area contributed by atoms with E-state index in [9.17, 15) is 9.59 Å². The Labute approximate surface area is 145 Å². The minimum atomic E-state index is -0.250. The summed E-state index contributed by atoms with van der Waals surface area (Å²) in [4.78, 5) is 28.8. The van der Waals surface area contributed by atoms with Gasteiger partial charge in [0, 0.05) is 30.7 Å². The number of aryl methyl sites for hydroxylation is 2. The Hall–Kier alpha value is -3.41. The second kappa shape index (κ2) is 7.00. The molecule has 126 valence electrons. The lowest BCUT2D eigenvalue weighted by Gasteiger charge is -2.11. The van der Waals surface area contributed by atoms with Gasteiger partial charge in [-0.05, 0) is 48.9 Å². The molecule has 2 heterocycles. The number of benzene rings is 1. The number of pyridine rings is 1. The van der Waals surface area contributed by atoms with Crippen molar-refractivity contribution in [2.45, 2.75) is 6.92 Å². The van der Waals surface area contributed by atoms with Crippen LogP contribution in [0.2, 0.25) is 0 Å². The van der Waals surface area contributed by atoms with Crippen molar-refractivity contribution >= 4 is 23.2 Å². The van der Waals surface area contributed by atoms with Gasteiger partial charge in [0.2, 0.25) is 0 Å². The molecule has 2 N–H and O–H groups in total. The predicted molar refractivity (Wildman–Crippen MR) is 96.7 cm³/mol. The van der Waals surface area contributed by atoms with E-state index in [2.05, 4.69) is 15.6 Å². The highest BCUT2D eigenvalue weighted by Crippen LogP contribution is 2.18. The van der Waals surface area contributed by atoms with Crippen molar-refractivity contribution in [3.8, 4) is 0 Å². The average molecular weight is 334 g/mol. The highest BCUT2D eigenvalue weighted by atomic mass is 16.2. The Morgan fingerprint density at radius 2 is 1.80 bits per heavy atom. The summed E-state index contributed by atoms with van der Waals surface area (Å²) in [6, 6.07) is 12.3. The fourth-order valence-electron chi connectivity index (χ4n) is 2.47. The van der Waals surface area contributed by atoms with Crippen LogP contribution in [0.4, 0.5) is 11.4 Å². The van der Waals surface area contributed by atoms with Crippen molar-refractivity contribution < 1.29 is 9.59 Å². The maximum atomic E-state index is 12.5. The average Bonchev–Trinajstić information content (AvgIpc) is 3.03. The second-order valence-corrected chi connectivity index (χ2v) is 5.68. The first-order valence-corrected chi connectivity index (χ1v) is 7.79. The van der Waals surface area contributed by atoms with Gasteiger partial charge in [-0.25, -0.2) is 0 Å². The number of amides is 2. The maximum absolute atomic E-state index is 12.5. The first-order valence-electron chi connectivity index (χ1n) is 7.79. The monoisotopic (exact) mass is 334 g/mol. The standard InChI is InChI=1S/C19H18N4O2/c1-13-7-8-14(21-19(25)17-6-4-10-23(17)2)11-16(13)18(24)22-15-5-3-9-20-12-15/h3-12H,1-2H3,(H,21,25)(H,22,24). The molecule has 0 bridgehead atoms. The Morgan fingerprint density at radius 3 is 2.48 bits per heavy atom. The zero-order chi connectivity index (χ0) is 17.8. The van der Waals surface area contributed by atoms with Crippen LogP contribution >= 0.6 is 0 Å². The Bertz CT molecular complexity index is 916. The maximum Gasteiger partial charge on any atom is 0.272 e. The summed E-state index contributed by atoms with van der Waals surface area (Å²) in [5.41, 5.74) is 3.03. The minimum Gasteiger partial charge on any atom is -0.347 e. The van der Waals surface area contributed by atoms with Gasteiger partial charge in [-0.3, -0.25) is 14.6 Å². The number of nitrogens with zero attached hydrogens (tertiary/aromatic N) is 2. The number of carbonyl (C=O) groups is 2. The van der Waals surface area contributed by atoms with Gasteiger partial charge in [0.25, 0.3) is 11.8 Å². The third-order valence-corrected chi connectivity index (χ3v) is 3.84. The third-order valence-electron chi connectivity index (χ3n) is 3.84. The molecule has 0 aliphatic heterocycles. The highest BCUT2D eigenvalue weighted by Gasteiger charge is 2.13. The van der Waals surface area contributed by atoms with Crippen molar-refractivity contribution in [2.75, 3.05) is 10.6 Å². The van der Waals surface area contributed by atoms with Gasteiger partial charge in [-0.2, -0.15) is 0 Å². The molecule has 2 amide bonds. The number of anilines is 2. The fourth-order valence-corrected chi connectivity index (χ4v) is 2.47. The smallest absolute Gasteiger partial charge is 0.272 e. The highest BCUT2D eigenvalue weighted by molar-refractivity contribution is 6.07. The SMILES string of the molecule is Cc1ccc(NC(=O)c2cccn2C)cc1C(=O)Nc1cccnc1. The van der Waals surface area contributed by atoms with Crippen LogP contribution in [0, 0.1) is 6.92 Å². The van der Waals surface area contributed by atoms with Crippen molar-refractivity contribution in [1.29, 1.82) is 0 Å². The molecule has 1 aromatic carbocycles. The molecule has 0 fully saturated rings. The lowest BCUT2D eigenvalue weighted by atomic mass is 10.1. The Kier molecular flexibility index (Phi) is 4.61. The van der Waals surface area contributed by atoms with Gasteiger partial charge in [-0.1, -0.05) is 6.07 Å². The summed E-state index contributed by atoms with van der Waals surface area (Å²) in [6.45, 7) is 1.85. The molecular formula is C19H18N4O2. The molecule has 0 radical (unpaired) electrons. The predicted octanol–water partition coefficient (Wildman–Crippen LogP) is 3.23. The van der Waals surface area contributed by atoms with Crippen molar-refractivity contribution in [2.24, 2.45) is 7.05 Å². The van der Waals surface area contributed by atoms with Gasteiger partial charge >= 0.3 is 0 Å². The van der Waals surface area contributed by atoms with Gasteiger partial charge in [0.1, 0.15) is 5.69 Å². The number of aromatic nitrogens is 2. The van der Waals surface area contributed by atoms with E-state index in [4.69, 9.17) is 0 Å². The lowest BCUT2D eigenvalue weighted by Crippen LogP contribution is -2.17. The molecule has 3 aromatic rings. The molecule has 0 atom stereocenters. The van der Waals surface area contributed by atoms with Crippen LogP contribution in [0.1, 0.15) is 26.4 Å². The zero-order valence-corrected chi connectivity index (χ0v) is 14.0. The molecule has 0 aliphatic rings. The van der Waals surface area contributed by atoms with Gasteiger partial charge < -0.3 is 15.2 Å². The normalized spacial score (nSPS) is 10.3. The molecule has 3 rings (SSSR count). The summed E-state index contributed by atoms with van der Waals surface area (Å²) in [7, 11) is 1.80. The molecule has 0 aliphatic carbocycles. The molecular weight excluding hydrogens is 316 g/mol. The quantitative estimate of drug-likeness (QED) is 0.769.